The number of hydrogen-bond donors (Lipinski definition) is 2. The number of nitrogens with zero attached hydrogens (tertiary/aromatic N) is 3. The quantitative estimate of drug-likeness (QED) is 0.457. The molecule has 3 aliphatic rings. The van der Waals surface area contributed by atoms with Gasteiger partial charge >= 0.3 is 0 Å². The molecular weight excluding hydrogens is 469 g/mol. The Morgan fingerprint density at radius 2 is 1.84 bits per heavy atom. The molecule has 1 unspecified atom stereocenters. The van der Waals surface area contributed by atoms with Gasteiger partial charge in [0.15, 0.2) is 0 Å². The van der Waals surface area contributed by atoms with Gasteiger partial charge in [0, 0.05) is 43.0 Å². The Kier molecular flexibility index (Phi) is 4.87. The molecule has 1 saturated heterocycles. The minimum atomic E-state index is -0.615. The summed E-state index contributed by atoms with van der Waals surface area (Å²) >= 11 is 0. The maximum Gasteiger partial charge on any atom is 0.242 e. The zero-order chi connectivity index (χ0) is 25.1. The Morgan fingerprint density at radius 1 is 1.03 bits per heavy atom. The molecule has 7 rings (SSSR count). The zero-order valence-electron chi connectivity index (χ0n) is 20.0. The Balaban J connectivity index is 1.20. The highest BCUT2D eigenvalue weighted by molar-refractivity contribution is 6.06. The van der Waals surface area contributed by atoms with Crippen LogP contribution in [0.5, 0.6) is 0 Å². The largest absolute Gasteiger partial charge is 0.353 e. The molecule has 0 radical (unpaired) electrons. The standard InChI is InChI=1S/C29H24FN5O2/c30-22-5-3-18(4-6-22)25-27(36)32-8-9-35(25)16-17-10-19-11-20-13-29(14-21(20)12-24(19)33-15-17)23-2-1-7-31-26(23)34-28(29)37/h1-7,10-12,15,25H,8-9,13-14,16H2,(H,32,36)(H,31,34,37)/t25?,29-/m0/s1. The van der Waals surface area contributed by atoms with Crippen LogP contribution in [0.1, 0.15) is 33.9 Å². The van der Waals surface area contributed by atoms with Crippen molar-refractivity contribution in [1.29, 1.82) is 0 Å². The lowest BCUT2D eigenvalue weighted by atomic mass is 9.79. The molecule has 1 aliphatic carbocycles. The maximum atomic E-state index is 13.5. The normalized spacial score (nSPS) is 22.7. The highest BCUT2D eigenvalue weighted by atomic mass is 19.1. The van der Waals surface area contributed by atoms with E-state index >= 15 is 0 Å². The fourth-order valence-corrected chi connectivity index (χ4v) is 6.16. The van der Waals surface area contributed by atoms with Gasteiger partial charge in [-0.25, -0.2) is 9.37 Å². The van der Waals surface area contributed by atoms with Gasteiger partial charge in [0.25, 0.3) is 0 Å². The van der Waals surface area contributed by atoms with E-state index < -0.39 is 11.5 Å². The van der Waals surface area contributed by atoms with E-state index in [1.54, 1.807) is 18.3 Å². The highest BCUT2D eigenvalue weighted by Gasteiger charge is 2.51. The third-order valence-electron chi connectivity index (χ3n) is 7.92. The molecule has 1 fully saturated rings. The molecule has 8 heteroatoms. The van der Waals surface area contributed by atoms with Crippen molar-refractivity contribution in [3.8, 4) is 0 Å². The first kappa shape index (κ1) is 22.1. The average molecular weight is 494 g/mol. The van der Waals surface area contributed by atoms with Crippen molar-refractivity contribution in [3.63, 3.8) is 0 Å². The third kappa shape index (κ3) is 3.51. The fourth-order valence-electron chi connectivity index (χ4n) is 6.16. The van der Waals surface area contributed by atoms with Gasteiger partial charge in [-0.05, 0) is 71.5 Å². The second kappa shape index (κ2) is 8.18. The number of benzene rings is 2. The van der Waals surface area contributed by atoms with Crippen LogP contribution in [0.4, 0.5) is 10.2 Å². The second-order valence-electron chi connectivity index (χ2n) is 10.2. The van der Waals surface area contributed by atoms with Crippen LogP contribution < -0.4 is 10.6 Å². The van der Waals surface area contributed by atoms with Crippen LogP contribution in [0.2, 0.25) is 0 Å². The van der Waals surface area contributed by atoms with Crippen LogP contribution in [-0.4, -0.2) is 39.8 Å². The van der Waals surface area contributed by atoms with E-state index in [0.29, 0.717) is 38.3 Å². The van der Waals surface area contributed by atoms with E-state index in [4.69, 9.17) is 4.98 Å². The van der Waals surface area contributed by atoms with Crippen molar-refractivity contribution in [1.82, 2.24) is 20.2 Å². The number of nitrogens with one attached hydrogen (secondary N) is 2. The highest BCUT2D eigenvalue weighted by Crippen LogP contribution is 2.47. The SMILES string of the molecule is O=C1NCCN(Cc2cnc3cc4c(cc3c2)C[C@@]2(C4)C(=O)Nc3ncccc32)C1c1ccc(F)cc1. The number of hydrogen-bond acceptors (Lipinski definition) is 5. The molecular formula is C29H24FN5O2. The predicted octanol–water partition coefficient (Wildman–Crippen LogP) is 3.43. The summed E-state index contributed by atoms with van der Waals surface area (Å²) in [5.74, 6) is 0.255. The van der Waals surface area contributed by atoms with Gasteiger partial charge in [-0.3, -0.25) is 19.5 Å². The van der Waals surface area contributed by atoms with E-state index in [1.807, 2.05) is 18.3 Å². The van der Waals surface area contributed by atoms with Gasteiger partial charge in [0.2, 0.25) is 11.8 Å². The summed E-state index contributed by atoms with van der Waals surface area (Å²) in [4.78, 5) is 37.0. The number of pyridine rings is 2. The van der Waals surface area contributed by atoms with E-state index in [1.165, 1.54) is 12.1 Å². The summed E-state index contributed by atoms with van der Waals surface area (Å²) in [6.45, 7) is 1.79. The number of halogens is 1. The summed E-state index contributed by atoms with van der Waals surface area (Å²) in [5.41, 5.74) is 5.29. The lowest BCUT2D eigenvalue weighted by molar-refractivity contribution is -0.129. The van der Waals surface area contributed by atoms with Crippen molar-refractivity contribution in [2.75, 3.05) is 18.4 Å². The maximum absolute atomic E-state index is 13.5. The van der Waals surface area contributed by atoms with Crippen molar-refractivity contribution in [2.24, 2.45) is 0 Å². The summed E-state index contributed by atoms with van der Waals surface area (Å²) in [5, 5.41) is 6.90. The molecule has 4 heterocycles. The lowest BCUT2D eigenvalue weighted by Gasteiger charge is -2.35. The smallest absolute Gasteiger partial charge is 0.242 e. The van der Waals surface area contributed by atoms with E-state index in [0.717, 1.165) is 38.7 Å². The number of amides is 2. The number of fused-ring (bicyclic) bond motifs is 4. The van der Waals surface area contributed by atoms with Gasteiger partial charge in [-0.2, -0.15) is 0 Å². The van der Waals surface area contributed by atoms with Gasteiger partial charge < -0.3 is 10.6 Å². The Bertz CT molecular complexity index is 1590. The van der Waals surface area contributed by atoms with Gasteiger partial charge in [-0.15, -0.1) is 0 Å². The van der Waals surface area contributed by atoms with Crippen LogP contribution in [0.25, 0.3) is 10.9 Å². The number of rotatable bonds is 3. The van der Waals surface area contributed by atoms with Crippen molar-refractivity contribution < 1.29 is 14.0 Å². The molecule has 37 heavy (non-hydrogen) atoms. The predicted molar refractivity (Wildman–Crippen MR) is 136 cm³/mol. The third-order valence-corrected chi connectivity index (χ3v) is 7.92. The number of piperazine rings is 1. The van der Waals surface area contributed by atoms with E-state index in [2.05, 4.69) is 38.7 Å². The fraction of sp³-hybridized carbons (Fsp3) is 0.241. The van der Waals surface area contributed by atoms with Crippen LogP contribution in [0, 0.1) is 5.82 Å². The number of aromatic nitrogens is 2. The topological polar surface area (TPSA) is 87.2 Å². The van der Waals surface area contributed by atoms with Gasteiger partial charge in [0.1, 0.15) is 17.7 Å². The number of carbonyl (C=O) groups is 2. The Labute approximate surface area is 212 Å². The van der Waals surface area contributed by atoms with Crippen LogP contribution >= 0.6 is 0 Å². The van der Waals surface area contributed by atoms with E-state index in [9.17, 15) is 14.0 Å². The number of carbonyl (C=O) groups excluding carboxylic acids is 2. The second-order valence-corrected chi connectivity index (χ2v) is 10.2. The average Bonchev–Trinajstić information content (AvgIpc) is 3.40. The molecule has 2 atom stereocenters. The monoisotopic (exact) mass is 493 g/mol. The van der Waals surface area contributed by atoms with Crippen molar-refractivity contribution in [2.45, 2.75) is 30.8 Å². The van der Waals surface area contributed by atoms with E-state index in [-0.39, 0.29) is 17.6 Å². The molecule has 1 spiro atoms. The summed E-state index contributed by atoms with van der Waals surface area (Å²) < 4.78 is 13.5. The summed E-state index contributed by atoms with van der Waals surface area (Å²) in [6.07, 6.45) is 4.82. The lowest BCUT2D eigenvalue weighted by Crippen LogP contribution is -2.49. The molecule has 0 bridgehead atoms. The van der Waals surface area contributed by atoms with Crippen molar-refractivity contribution >= 4 is 28.5 Å². The number of anilines is 1. The first-order chi connectivity index (χ1) is 18.0. The Hall–Kier alpha value is -4.17. The molecule has 0 saturated carbocycles. The minimum absolute atomic E-state index is 0.00492. The molecule has 4 aromatic rings. The zero-order valence-corrected chi connectivity index (χ0v) is 20.0. The van der Waals surface area contributed by atoms with Gasteiger partial charge in [0.05, 0.1) is 10.9 Å². The van der Waals surface area contributed by atoms with Crippen LogP contribution in [0.3, 0.4) is 0 Å². The molecule has 2 aromatic carbocycles. The van der Waals surface area contributed by atoms with Crippen LogP contribution in [-0.2, 0) is 34.4 Å². The van der Waals surface area contributed by atoms with Crippen LogP contribution in [0.15, 0.2) is 67.0 Å². The van der Waals surface area contributed by atoms with Crippen molar-refractivity contribution in [3.05, 3.63) is 101 Å². The molecule has 2 amide bonds. The molecule has 2 aromatic heterocycles. The summed E-state index contributed by atoms with van der Waals surface area (Å²) in [6, 6.07) is 15.9. The molecule has 7 nitrogen and oxygen atoms in total. The first-order valence-corrected chi connectivity index (χ1v) is 12.4. The summed E-state index contributed by atoms with van der Waals surface area (Å²) in [7, 11) is 0. The van der Waals surface area contributed by atoms with Gasteiger partial charge in [-0.1, -0.05) is 18.2 Å². The first-order valence-electron chi connectivity index (χ1n) is 12.4. The Morgan fingerprint density at radius 3 is 2.68 bits per heavy atom. The molecule has 2 aliphatic heterocycles. The minimum Gasteiger partial charge on any atom is -0.353 e. The molecule has 184 valence electrons. The molecule has 2 N–H and O–H groups in total.